The fourth-order valence-corrected chi connectivity index (χ4v) is 2.43. The number of hydrogen-bond donors (Lipinski definition) is 3. The molecule has 0 aliphatic heterocycles. The minimum absolute atomic E-state index is 0.0278. The van der Waals surface area contributed by atoms with Crippen molar-refractivity contribution in [2.75, 3.05) is 10.7 Å². The Morgan fingerprint density at radius 1 is 1.56 bits per heavy atom. The summed E-state index contributed by atoms with van der Waals surface area (Å²) in [4.78, 5) is 8.79. The minimum Gasteiger partial charge on any atom is -0.360 e. The zero-order valence-corrected chi connectivity index (χ0v) is 10.7. The molecular formula is C11H14FN5S. The highest BCUT2D eigenvalue weighted by Gasteiger charge is 2.14. The number of hydrogen-bond acceptors (Lipinski definition) is 6. The number of rotatable bonds is 5. The lowest BCUT2D eigenvalue weighted by atomic mass is 10.2. The standard InChI is InChI=1S/C11H14FN5S/c1-2-8(9-4-3-5-18-9)15-10-7(12)6-14-11(16-10)17-13/h3-6,8H,2,13H2,1H3,(H2,14,15,16,17). The lowest BCUT2D eigenvalue weighted by Crippen LogP contribution is -2.15. The molecule has 0 aromatic carbocycles. The first-order chi connectivity index (χ1) is 8.74. The molecule has 2 aromatic rings. The number of nitrogens with one attached hydrogen (secondary N) is 2. The van der Waals surface area contributed by atoms with Gasteiger partial charge in [-0.05, 0) is 17.9 Å². The van der Waals surface area contributed by atoms with Crippen LogP contribution in [0, 0.1) is 5.82 Å². The van der Waals surface area contributed by atoms with Crippen LogP contribution in [0.2, 0.25) is 0 Å². The van der Waals surface area contributed by atoms with Crippen LogP contribution in [0.15, 0.2) is 23.7 Å². The average molecular weight is 267 g/mol. The average Bonchev–Trinajstić information content (AvgIpc) is 2.91. The third kappa shape index (κ3) is 2.74. The van der Waals surface area contributed by atoms with Crippen molar-refractivity contribution < 1.29 is 4.39 Å². The number of nitrogens with zero attached hydrogens (tertiary/aromatic N) is 2. The van der Waals surface area contributed by atoms with E-state index in [9.17, 15) is 4.39 Å². The van der Waals surface area contributed by atoms with Gasteiger partial charge >= 0.3 is 0 Å². The zero-order chi connectivity index (χ0) is 13.0. The van der Waals surface area contributed by atoms with Crippen molar-refractivity contribution in [3.05, 3.63) is 34.4 Å². The van der Waals surface area contributed by atoms with Crippen LogP contribution >= 0.6 is 11.3 Å². The number of nitrogens with two attached hydrogens (primary N) is 1. The molecule has 0 saturated heterocycles. The van der Waals surface area contributed by atoms with Crippen LogP contribution < -0.4 is 16.6 Å². The molecule has 1 atom stereocenters. The van der Waals surface area contributed by atoms with Crippen molar-refractivity contribution in [2.24, 2.45) is 5.84 Å². The summed E-state index contributed by atoms with van der Waals surface area (Å²) in [6.07, 6.45) is 1.92. The maximum Gasteiger partial charge on any atom is 0.239 e. The van der Waals surface area contributed by atoms with Gasteiger partial charge in [0.1, 0.15) is 0 Å². The van der Waals surface area contributed by atoms with E-state index in [1.165, 1.54) is 0 Å². The van der Waals surface area contributed by atoms with E-state index in [1.807, 2.05) is 24.4 Å². The highest BCUT2D eigenvalue weighted by molar-refractivity contribution is 7.10. The van der Waals surface area contributed by atoms with Crippen molar-refractivity contribution >= 4 is 23.1 Å². The number of hydrazine groups is 1. The van der Waals surface area contributed by atoms with Gasteiger partial charge in [-0.2, -0.15) is 4.98 Å². The SMILES string of the molecule is CCC(Nc1nc(NN)ncc1F)c1cccs1. The first-order valence-electron chi connectivity index (χ1n) is 5.53. The van der Waals surface area contributed by atoms with Gasteiger partial charge in [0.25, 0.3) is 0 Å². The zero-order valence-electron chi connectivity index (χ0n) is 9.85. The molecule has 1 unspecified atom stereocenters. The summed E-state index contributed by atoms with van der Waals surface area (Å²) in [6, 6.07) is 4.00. The maximum atomic E-state index is 13.6. The molecule has 0 saturated carbocycles. The first kappa shape index (κ1) is 12.7. The van der Waals surface area contributed by atoms with Gasteiger partial charge in [0.05, 0.1) is 12.2 Å². The van der Waals surface area contributed by atoms with Crippen LogP contribution in [0.1, 0.15) is 24.3 Å². The smallest absolute Gasteiger partial charge is 0.239 e. The predicted octanol–water partition coefficient (Wildman–Crippen LogP) is 2.53. The Hall–Kier alpha value is -1.73. The van der Waals surface area contributed by atoms with Gasteiger partial charge in [0.15, 0.2) is 11.6 Å². The topological polar surface area (TPSA) is 75.9 Å². The molecule has 0 amide bonds. The Kier molecular flexibility index (Phi) is 4.06. The molecule has 18 heavy (non-hydrogen) atoms. The molecule has 4 N–H and O–H groups in total. The number of halogens is 1. The van der Waals surface area contributed by atoms with E-state index >= 15 is 0 Å². The molecule has 2 aromatic heterocycles. The van der Waals surface area contributed by atoms with Crippen LogP contribution in [0.25, 0.3) is 0 Å². The monoisotopic (exact) mass is 267 g/mol. The van der Waals surface area contributed by atoms with Crippen molar-refractivity contribution in [1.82, 2.24) is 9.97 Å². The van der Waals surface area contributed by atoms with E-state index in [0.29, 0.717) is 0 Å². The van der Waals surface area contributed by atoms with Gasteiger partial charge in [0, 0.05) is 4.88 Å². The minimum atomic E-state index is -0.496. The quantitative estimate of drug-likeness (QED) is 0.573. The second-order valence-electron chi connectivity index (χ2n) is 3.66. The van der Waals surface area contributed by atoms with E-state index in [2.05, 4.69) is 20.7 Å². The molecule has 0 spiro atoms. The fraction of sp³-hybridized carbons (Fsp3) is 0.273. The number of thiophene rings is 1. The second kappa shape index (κ2) is 5.74. The molecule has 96 valence electrons. The summed E-state index contributed by atoms with van der Waals surface area (Å²) >= 11 is 1.62. The number of aromatic nitrogens is 2. The summed E-state index contributed by atoms with van der Waals surface area (Å²) in [5.41, 5.74) is 2.29. The van der Waals surface area contributed by atoms with E-state index in [-0.39, 0.29) is 17.8 Å². The molecule has 0 aliphatic carbocycles. The molecular weight excluding hydrogens is 253 g/mol. The Morgan fingerprint density at radius 3 is 3.00 bits per heavy atom. The molecule has 2 rings (SSSR count). The predicted molar refractivity (Wildman–Crippen MR) is 70.8 cm³/mol. The third-order valence-electron chi connectivity index (χ3n) is 2.48. The largest absolute Gasteiger partial charge is 0.360 e. The molecule has 7 heteroatoms. The summed E-state index contributed by atoms with van der Waals surface area (Å²) < 4.78 is 13.6. The maximum absolute atomic E-state index is 13.6. The second-order valence-corrected chi connectivity index (χ2v) is 4.63. The van der Waals surface area contributed by atoms with Crippen LogP contribution in [0.5, 0.6) is 0 Å². The van der Waals surface area contributed by atoms with Crippen molar-refractivity contribution in [3.63, 3.8) is 0 Å². The molecule has 0 aliphatic rings. The normalized spacial score (nSPS) is 12.2. The first-order valence-corrected chi connectivity index (χ1v) is 6.41. The van der Waals surface area contributed by atoms with Gasteiger partial charge in [-0.1, -0.05) is 13.0 Å². The van der Waals surface area contributed by atoms with Gasteiger partial charge in [-0.25, -0.2) is 15.2 Å². The highest BCUT2D eigenvalue weighted by atomic mass is 32.1. The highest BCUT2D eigenvalue weighted by Crippen LogP contribution is 2.26. The Morgan fingerprint density at radius 2 is 2.39 bits per heavy atom. The number of nitrogen functional groups attached to an aromatic ring is 1. The van der Waals surface area contributed by atoms with Gasteiger partial charge in [-0.15, -0.1) is 11.3 Å². The molecule has 0 radical (unpaired) electrons. The third-order valence-corrected chi connectivity index (χ3v) is 3.47. The van der Waals surface area contributed by atoms with E-state index < -0.39 is 5.82 Å². The number of anilines is 2. The van der Waals surface area contributed by atoms with Crippen LogP contribution in [0.3, 0.4) is 0 Å². The molecule has 0 fully saturated rings. The van der Waals surface area contributed by atoms with E-state index in [4.69, 9.17) is 5.84 Å². The van der Waals surface area contributed by atoms with Crippen molar-refractivity contribution in [3.8, 4) is 0 Å². The van der Waals surface area contributed by atoms with Gasteiger partial charge in [-0.3, -0.25) is 5.43 Å². The lowest BCUT2D eigenvalue weighted by molar-refractivity contribution is 0.611. The Balaban J connectivity index is 2.21. The summed E-state index contributed by atoms with van der Waals surface area (Å²) in [6.45, 7) is 2.03. The van der Waals surface area contributed by atoms with E-state index in [0.717, 1.165) is 17.5 Å². The van der Waals surface area contributed by atoms with Gasteiger partial charge in [0.2, 0.25) is 5.95 Å². The lowest BCUT2D eigenvalue weighted by Gasteiger charge is -2.16. The van der Waals surface area contributed by atoms with Crippen LogP contribution in [0.4, 0.5) is 16.2 Å². The van der Waals surface area contributed by atoms with Crippen molar-refractivity contribution in [1.29, 1.82) is 0 Å². The van der Waals surface area contributed by atoms with Gasteiger partial charge < -0.3 is 5.32 Å². The molecule has 5 nitrogen and oxygen atoms in total. The Labute approximate surface area is 108 Å². The van der Waals surface area contributed by atoms with Crippen LogP contribution in [-0.4, -0.2) is 9.97 Å². The van der Waals surface area contributed by atoms with Crippen molar-refractivity contribution in [2.45, 2.75) is 19.4 Å². The van der Waals surface area contributed by atoms with Crippen LogP contribution in [-0.2, 0) is 0 Å². The van der Waals surface area contributed by atoms with E-state index in [1.54, 1.807) is 11.3 Å². The molecule has 0 bridgehead atoms. The Bertz CT molecular complexity index is 502. The summed E-state index contributed by atoms with van der Waals surface area (Å²) in [5.74, 6) is 5.04. The molecule has 2 heterocycles. The fourth-order valence-electron chi connectivity index (χ4n) is 1.57. The summed E-state index contributed by atoms with van der Waals surface area (Å²) in [5, 5.41) is 5.05. The summed E-state index contributed by atoms with van der Waals surface area (Å²) in [7, 11) is 0.